The normalized spacial score (nSPS) is 14.2. The molecule has 0 aromatic rings. The molecule has 0 aromatic heterocycles. The van der Waals surface area contributed by atoms with Crippen molar-refractivity contribution in [2.45, 2.75) is 439 Å². The zero-order valence-corrected chi connectivity index (χ0v) is 66.6. The molecule has 17 nitrogen and oxygen atoms in total. The van der Waals surface area contributed by atoms with Crippen molar-refractivity contribution in [2.24, 2.45) is 11.8 Å². The molecule has 0 aliphatic carbocycles. The van der Waals surface area contributed by atoms with Crippen LogP contribution in [0.5, 0.6) is 0 Å². The van der Waals surface area contributed by atoms with Crippen LogP contribution in [0.25, 0.3) is 0 Å². The van der Waals surface area contributed by atoms with Crippen LogP contribution >= 0.6 is 15.6 Å². The van der Waals surface area contributed by atoms with E-state index in [9.17, 15) is 43.2 Å². The standard InChI is InChI=1S/C80H156O17P2/c1-7-10-12-14-16-17-18-19-29-35-40-46-52-58-64-79(84)96-75(68-90-77(82)62-56-50-42-15-13-11-8-2)70-94-98(86,87)92-66-74(81)67-93-99(88,89)95-71-76(69-91-78(83)63-57-51-45-39-34-31-26-27-32-37-43-48-54-60-72(4)5)97-80(85)65-59-53-47-41-36-30-25-23-21-20-22-24-28-33-38-44-49-55-61-73(6)9-3/h72-76,81H,7-71H2,1-6H3,(H,86,87)(H,88,89)/t73?,74-,75+,76+/m0/s1. The lowest BCUT2D eigenvalue weighted by molar-refractivity contribution is -0.161. The average Bonchev–Trinajstić information content (AvgIpc) is 1.04. The van der Waals surface area contributed by atoms with Crippen LogP contribution in [0.4, 0.5) is 0 Å². The molecule has 0 heterocycles. The first-order chi connectivity index (χ1) is 47.9. The van der Waals surface area contributed by atoms with E-state index in [0.29, 0.717) is 25.7 Å². The quantitative estimate of drug-likeness (QED) is 0.0222. The minimum atomic E-state index is -4.96. The summed E-state index contributed by atoms with van der Waals surface area (Å²) in [6.45, 7) is 9.67. The molecule has 0 aromatic carbocycles. The number of ether oxygens (including phenoxy) is 4. The Bertz CT molecular complexity index is 1910. The monoisotopic (exact) mass is 1450 g/mol. The fourth-order valence-electron chi connectivity index (χ4n) is 12.3. The van der Waals surface area contributed by atoms with Gasteiger partial charge in [0.2, 0.25) is 0 Å². The molecular formula is C80H156O17P2. The van der Waals surface area contributed by atoms with Crippen LogP contribution in [0, 0.1) is 11.8 Å². The molecule has 0 fully saturated rings. The van der Waals surface area contributed by atoms with Crippen LogP contribution < -0.4 is 0 Å². The predicted octanol–water partition coefficient (Wildman–Crippen LogP) is 23.9. The van der Waals surface area contributed by atoms with Crippen LogP contribution in [0.15, 0.2) is 0 Å². The van der Waals surface area contributed by atoms with E-state index in [1.165, 1.54) is 225 Å². The number of unbranched alkanes of at least 4 members (excludes halogenated alkanes) is 48. The second-order valence-electron chi connectivity index (χ2n) is 29.5. The van der Waals surface area contributed by atoms with E-state index in [2.05, 4.69) is 41.5 Å². The van der Waals surface area contributed by atoms with Crippen molar-refractivity contribution in [1.82, 2.24) is 0 Å². The van der Waals surface area contributed by atoms with Crippen LogP contribution in [0.1, 0.15) is 420 Å². The second-order valence-corrected chi connectivity index (χ2v) is 32.4. The fraction of sp³-hybridized carbons (Fsp3) is 0.950. The molecule has 6 atom stereocenters. The van der Waals surface area contributed by atoms with E-state index in [1.807, 2.05) is 0 Å². The number of rotatable bonds is 79. The third-order valence-electron chi connectivity index (χ3n) is 19.1. The minimum Gasteiger partial charge on any atom is -0.462 e. The molecule has 0 spiro atoms. The topological polar surface area (TPSA) is 237 Å². The average molecular weight is 1450 g/mol. The van der Waals surface area contributed by atoms with Gasteiger partial charge in [0.25, 0.3) is 0 Å². The maximum Gasteiger partial charge on any atom is 0.472 e. The highest BCUT2D eigenvalue weighted by atomic mass is 31.2. The summed E-state index contributed by atoms with van der Waals surface area (Å²) in [4.78, 5) is 72.8. The van der Waals surface area contributed by atoms with E-state index in [-0.39, 0.29) is 25.7 Å². The summed E-state index contributed by atoms with van der Waals surface area (Å²) in [5.74, 6) is -0.452. The highest BCUT2D eigenvalue weighted by Crippen LogP contribution is 2.45. The number of phosphoric acid groups is 2. The van der Waals surface area contributed by atoms with Gasteiger partial charge in [-0.1, -0.05) is 369 Å². The molecule has 99 heavy (non-hydrogen) atoms. The van der Waals surface area contributed by atoms with Crippen molar-refractivity contribution in [3.8, 4) is 0 Å². The Hall–Kier alpha value is -1.94. The maximum atomic E-state index is 13.1. The van der Waals surface area contributed by atoms with Gasteiger partial charge >= 0.3 is 39.5 Å². The summed E-state index contributed by atoms with van der Waals surface area (Å²) in [6, 6.07) is 0. The SMILES string of the molecule is CCCCCCCCCCCCCCCCC(=O)O[C@H](COC(=O)CCCCCCCCC)COP(=O)(O)OC[C@H](O)COP(=O)(O)OC[C@@H](COC(=O)CCCCCCCCCCCCCCCC(C)C)OC(=O)CCCCCCCCCCCCCCCCCCCCC(C)CC. The van der Waals surface area contributed by atoms with Crippen molar-refractivity contribution < 1.29 is 80.2 Å². The summed E-state index contributed by atoms with van der Waals surface area (Å²) >= 11 is 0. The molecule has 3 N–H and O–H groups in total. The Kier molecular flexibility index (Phi) is 70.3. The number of phosphoric ester groups is 2. The largest absolute Gasteiger partial charge is 0.472 e. The summed E-state index contributed by atoms with van der Waals surface area (Å²) in [5.41, 5.74) is 0. The van der Waals surface area contributed by atoms with Crippen molar-refractivity contribution in [3.63, 3.8) is 0 Å². The number of carbonyl (C=O) groups excluding carboxylic acids is 4. The Labute approximate surface area is 607 Å². The van der Waals surface area contributed by atoms with Gasteiger partial charge in [0, 0.05) is 25.7 Å². The first-order valence-electron chi connectivity index (χ1n) is 41.5. The first kappa shape index (κ1) is 97.1. The van der Waals surface area contributed by atoms with Gasteiger partial charge in [-0.2, -0.15) is 0 Å². The molecule has 0 rings (SSSR count). The molecular weight excluding hydrogens is 1290 g/mol. The fourth-order valence-corrected chi connectivity index (χ4v) is 13.9. The third-order valence-corrected chi connectivity index (χ3v) is 21.0. The smallest absolute Gasteiger partial charge is 0.462 e. The zero-order valence-electron chi connectivity index (χ0n) is 64.8. The van der Waals surface area contributed by atoms with Gasteiger partial charge in [-0.25, -0.2) is 9.13 Å². The van der Waals surface area contributed by atoms with E-state index in [1.54, 1.807) is 0 Å². The predicted molar refractivity (Wildman–Crippen MR) is 405 cm³/mol. The van der Waals surface area contributed by atoms with Gasteiger partial charge in [0.1, 0.15) is 19.3 Å². The van der Waals surface area contributed by atoms with Gasteiger partial charge in [0.15, 0.2) is 12.2 Å². The van der Waals surface area contributed by atoms with Crippen molar-refractivity contribution in [3.05, 3.63) is 0 Å². The van der Waals surface area contributed by atoms with Crippen molar-refractivity contribution >= 4 is 39.5 Å². The van der Waals surface area contributed by atoms with Gasteiger partial charge in [-0.15, -0.1) is 0 Å². The molecule has 0 amide bonds. The number of aliphatic hydroxyl groups is 1. The Balaban J connectivity index is 5.16. The summed E-state index contributed by atoms with van der Waals surface area (Å²) in [5, 5.41) is 10.6. The lowest BCUT2D eigenvalue weighted by Crippen LogP contribution is -2.30. The minimum absolute atomic E-state index is 0.108. The van der Waals surface area contributed by atoms with Gasteiger partial charge in [-0.3, -0.25) is 37.3 Å². The highest BCUT2D eigenvalue weighted by Gasteiger charge is 2.30. The molecule has 0 aliphatic heterocycles. The van der Waals surface area contributed by atoms with Crippen LogP contribution in [-0.2, 0) is 65.4 Å². The molecule has 3 unspecified atom stereocenters. The molecule has 0 saturated heterocycles. The van der Waals surface area contributed by atoms with E-state index >= 15 is 0 Å². The molecule has 588 valence electrons. The Morgan fingerprint density at radius 1 is 0.293 bits per heavy atom. The van der Waals surface area contributed by atoms with Gasteiger partial charge in [0.05, 0.1) is 26.4 Å². The number of esters is 4. The molecule has 0 bridgehead atoms. The summed E-state index contributed by atoms with van der Waals surface area (Å²) in [7, 11) is -9.91. The van der Waals surface area contributed by atoms with E-state index in [4.69, 9.17) is 37.0 Å². The van der Waals surface area contributed by atoms with E-state index in [0.717, 1.165) is 115 Å². The Morgan fingerprint density at radius 3 is 0.768 bits per heavy atom. The van der Waals surface area contributed by atoms with Crippen LogP contribution in [-0.4, -0.2) is 96.7 Å². The molecule has 19 heteroatoms. The number of carbonyl (C=O) groups is 4. The summed E-state index contributed by atoms with van der Waals surface area (Å²) < 4.78 is 68.6. The maximum absolute atomic E-state index is 13.1. The number of aliphatic hydroxyl groups excluding tert-OH is 1. The van der Waals surface area contributed by atoms with Crippen molar-refractivity contribution in [2.75, 3.05) is 39.6 Å². The first-order valence-corrected chi connectivity index (χ1v) is 44.5. The van der Waals surface area contributed by atoms with Gasteiger partial charge < -0.3 is 33.8 Å². The lowest BCUT2D eigenvalue weighted by Gasteiger charge is -2.21. The van der Waals surface area contributed by atoms with E-state index < -0.39 is 97.5 Å². The molecule has 0 radical (unpaired) electrons. The number of hydrogen-bond acceptors (Lipinski definition) is 15. The van der Waals surface area contributed by atoms with Gasteiger partial charge in [-0.05, 0) is 37.5 Å². The Morgan fingerprint density at radius 2 is 0.515 bits per heavy atom. The third kappa shape index (κ3) is 72.8. The molecule has 0 aliphatic rings. The number of hydrogen-bond donors (Lipinski definition) is 3. The highest BCUT2D eigenvalue weighted by molar-refractivity contribution is 7.47. The van der Waals surface area contributed by atoms with Crippen LogP contribution in [0.3, 0.4) is 0 Å². The van der Waals surface area contributed by atoms with Crippen molar-refractivity contribution in [1.29, 1.82) is 0 Å². The zero-order chi connectivity index (χ0) is 72.8. The lowest BCUT2D eigenvalue weighted by atomic mass is 9.99. The second kappa shape index (κ2) is 71.7. The molecule has 0 saturated carbocycles. The summed E-state index contributed by atoms with van der Waals surface area (Å²) in [6.07, 6.45) is 61.1. The van der Waals surface area contributed by atoms with Crippen LogP contribution in [0.2, 0.25) is 0 Å².